The third kappa shape index (κ3) is 3.08. The molecule has 0 radical (unpaired) electrons. The Kier molecular flexibility index (Phi) is 3.92. The molecule has 0 saturated carbocycles. The smallest absolute Gasteiger partial charge is 0.274 e. The van der Waals surface area contributed by atoms with Crippen molar-refractivity contribution in [3.63, 3.8) is 0 Å². The van der Waals surface area contributed by atoms with Crippen molar-refractivity contribution >= 4 is 5.91 Å². The highest BCUT2D eigenvalue weighted by molar-refractivity contribution is 5.93. The molecule has 2 atom stereocenters. The van der Waals surface area contributed by atoms with Gasteiger partial charge in [-0.3, -0.25) is 9.78 Å². The van der Waals surface area contributed by atoms with Gasteiger partial charge in [0.25, 0.3) is 5.91 Å². The number of carbonyl (C=O) groups is 1. The van der Waals surface area contributed by atoms with Gasteiger partial charge in [-0.1, -0.05) is 0 Å². The summed E-state index contributed by atoms with van der Waals surface area (Å²) in [7, 11) is 0. The van der Waals surface area contributed by atoms with Crippen LogP contribution in [0.2, 0.25) is 0 Å². The van der Waals surface area contributed by atoms with E-state index in [4.69, 9.17) is 4.74 Å². The Morgan fingerprint density at radius 1 is 1.38 bits per heavy atom. The second-order valence-electron chi connectivity index (χ2n) is 5.19. The third-order valence-corrected chi connectivity index (χ3v) is 3.70. The number of hydrogen-bond acceptors (Lipinski definition) is 5. The number of aromatic amines is 1. The van der Waals surface area contributed by atoms with Crippen molar-refractivity contribution < 1.29 is 9.53 Å². The number of nitrogens with zero attached hydrogens (tertiary/aromatic N) is 3. The maximum Gasteiger partial charge on any atom is 0.274 e. The average Bonchev–Trinajstić information content (AvgIpc) is 3.10. The number of rotatable bonds is 4. The zero-order valence-corrected chi connectivity index (χ0v) is 11.7. The van der Waals surface area contributed by atoms with Gasteiger partial charge >= 0.3 is 0 Å². The van der Waals surface area contributed by atoms with Crippen LogP contribution in [-0.4, -0.2) is 45.6 Å². The van der Waals surface area contributed by atoms with Crippen LogP contribution in [0.1, 0.15) is 21.7 Å². The van der Waals surface area contributed by atoms with E-state index in [9.17, 15) is 4.79 Å². The summed E-state index contributed by atoms with van der Waals surface area (Å²) < 4.78 is 5.52. The predicted molar refractivity (Wildman–Crippen MR) is 74.6 cm³/mol. The highest BCUT2D eigenvalue weighted by Crippen LogP contribution is 2.19. The van der Waals surface area contributed by atoms with E-state index in [1.54, 1.807) is 19.3 Å². The Bertz CT molecular complexity index is 613. The van der Waals surface area contributed by atoms with E-state index in [0.29, 0.717) is 24.6 Å². The Morgan fingerprint density at radius 2 is 2.19 bits per heavy atom. The Morgan fingerprint density at radius 3 is 2.90 bits per heavy atom. The maximum atomic E-state index is 12.2. The number of pyridine rings is 1. The van der Waals surface area contributed by atoms with Gasteiger partial charge < -0.3 is 10.1 Å². The lowest BCUT2D eigenvalue weighted by Gasteiger charge is -2.18. The van der Waals surface area contributed by atoms with Gasteiger partial charge in [0.05, 0.1) is 24.9 Å². The first-order chi connectivity index (χ1) is 10.2. The normalized spacial score (nSPS) is 21.4. The molecular formula is C14H17N5O2. The Labute approximate surface area is 122 Å². The molecule has 1 aliphatic rings. The Hall–Kier alpha value is -2.28. The van der Waals surface area contributed by atoms with E-state index in [1.807, 2.05) is 12.1 Å². The number of ether oxygens (including phenoxy) is 1. The molecule has 2 aromatic heterocycles. The van der Waals surface area contributed by atoms with E-state index in [2.05, 4.69) is 25.7 Å². The number of H-pyrrole nitrogens is 1. The fourth-order valence-corrected chi connectivity index (χ4v) is 2.52. The molecule has 1 fully saturated rings. The third-order valence-electron chi connectivity index (χ3n) is 3.70. The number of aryl methyl sites for hydroxylation is 1. The first-order valence-corrected chi connectivity index (χ1v) is 6.89. The zero-order chi connectivity index (χ0) is 14.7. The number of aromatic nitrogens is 4. The first kappa shape index (κ1) is 13.7. The molecule has 0 bridgehead atoms. The van der Waals surface area contributed by atoms with Crippen LogP contribution in [0.25, 0.3) is 0 Å². The van der Waals surface area contributed by atoms with Gasteiger partial charge in [0, 0.05) is 18.3 Å². The number of hydrogen-bond donors (Lipinski definition) is 2. The molecule has 110 valence electrons. The van der Waals surface area contributed by atoms with Crippen LogP contribution >= 0.6 is 0 Å². The molecule has 7 heteroatoms. The molecule has 1 saturated heterocycles. The summed E-state index contributed by atoms with van der Waals surface area (Å²) in [5, 5.41) is 13.2. The summed E-state index contributed by atoms with van der Waals surface area (Å²) in [6.45, 7) is 2.92. The van der Waals surface area contributed by atoms with E-state index in [0.717, 1.165) is 6.42 Å². The van der Waals surface area contributed by atoms with Crippen LogP contribution in [0.4, 0.5) is 0 Å². The first-order valence-electron chi connectivity index (χ1n) is 6.89. The van der Waals surface area contributed by atoms with Crippen molar-refractivity contribution in [1.29, 1.82) is 0 Å². The van der Waals surface area contributed by atoms with Crippen molar-refractivity contribution in [3.8, 4) is 0 Å². The molecular weight excluding hydrogens is 270 g/mol. The van der Waals surface area contributed by atoms with Crippen molar-refractivity contribution in [1.82, 2.24) is 25.7 Å². The molecule has 3 rings (SSSR count). The highest BCUT2D eigenvalue weighted by atomic mass is 16.5. The molecule has 2 aromatic rings. The molecule has 0 aliphatic carbocycles. The fourth-order valence-electron chi connectivity index (χ4n) is 2.52. The van der Waals surface area contributed by atoms with E-state index in [1.165, 1.54) is 5.56 Å². The SMILES string of the molecule is Cc1n[nH]nc1C(=O)N[C@@H]1COC[C@H]1Cc1ccncc1. The standard InChI is InChI=1S/C14H17N5O2/c1-9-13(18-19-17-9)14(20)16-12-8-21-7-11(12)6-10-2-4-15-5-3-10/h2-5,11-12H,6-8H2,1H3,(H,16,20)(H,17,18,19)/t11-,12-/m1/s1. The molecule has 1 amide bonds. The van der Waals surface area contributed by atoms with Gasteiger partial charge in [0.15, 0.2) is 5.69 Å². The number of carbonyl (C=O) groups excluding carboxylic acids is 1. The molecule has 0 aromatic carbocycles. The summed E-state index contributed by atoms with van der Waals surface area (Å²) in [5.41, 5.74) is 2.12. The van der Waals surface area contributed by atoms with Crippen molar-refractivity contribution in [2.24, 2.45) is 5.92 Å². The van der Waals surface area contributed by atoms with Gasteiger partial charge in [0.2, 0.25) is 0 Å². The van der Waals surface area contributed by atoms with E-state index in [-0.39, 0.29) is 17.9 Å². The van der Waals surface area contributed by atoms with Crippen LogP contribution in [0, 0.1) is 12.8 Å². The minimum Gasteiger partial charge on any atom is -0.379 e. The summed E-state index contributed by atoms with van der Waals surface area (Å²) in [6, 6.07) is 3.96. The van der Waals surface area contributed by atoms with Gasteiger partial charge in [0.1, 0.15) is 0 Å². The van der Waals surface area contributed by atoms with Gasteiger partial charge in [-0.25, -0.2) is 0 Å². The van der Waals surface area contributed by atoms with E-state index >= 15 is 0 Å². The Balaban J connectivity index is 1.64. The maximum absolute atomic E-state index is 12.2. The lowest BCUT2D eigenvalue weighted by Crippen LogP contribution is -2.41. The minimum atomic E-state index is -0.212. The lowest BCUT2D eigenvalue weighted by molar-refractivity contribution is 0.0919. The predicted octanol–water partition coefficient (Wildman–Crippen LogP) is 0.496. The topological polar surface area (TPSA) is 92.8 Å². The summed E-state index contributed by atoms with van der Waals surface area (Å²) in [4.78, 5) is 16.2. The van der Waals surface area contributed by atoms with Gasteiger partial charge in [-0.15, -0.1) is 0 Å². The minimum absolute atomic E-state index is 0.0123. The molecule has 2 N–H and O–H groups in total. The zero-order valence-electron chi connectivity index (χ0n) is 11.7. The van der Waals surface area contributed by atoms with Crippen molar-refractivity contribution in [2.75, 3.05) is 13.2 Å². The second kappa shape index (κ2) is 6.01. The van der Waals surface area contributed by atoms with Crippen LogP contribution in [0.5, 0.6) is 0 Å². The monoisotopic (exact) mass is 287 g/mol. The molecule has 1 aliphatic heterocycles. The van der Waals surface area contributed by atoms with Crippen LogP contribution in [0.3, 0.4) is 0 Å². The van der Waals surface area contributed by atoms with Gasteiger partial charge in [-0.05, 0) is 31.0 Å². The van der Waals surface area contributed by atoms with Crippen LogP contribution < -0.4 is 5.32 Å². The average molecular weight is 287 g/mol. The molecule has 3 heterocycles. The quantitative estimate of drug-likeness (QED) is 0.854. The summed E-state index contributed by atoms with van der Waals surface area (Å²) >= 11 is 0. The second-order valence-corrected chi connectivity index (χ2v) is 5.19. The molecule has 7 nitrogen and oxygen atoms in total. The van der Waals surface area contributed by atoms with Crippen LogP contribution in [-0.2, 0) is 11.2 Å². The fraction of sp³-hybridized carbons (Fsp3) is 0.429. The van der Waals surface area contributed by atoms with Crippen molar-refractivity contribution in [2.45, 2.75) is 19.4 Å². The van der Waals surface area contributed by atoms with E-state index < -0.39 is 0 Å². The number of nitrogens with one attached hydrogen (secondary N) is 2. The summed E-state index contributed by atoms with van der Waals surface area (Å²) in [5.74, 6) is 0.0417. The largest absolute Gasteiger partial charge is 0.379 e. The highest BCUT2D eigenvalue weighted by Gasteiger charge is 2.30. The lowest BCUT2D eigenvalue weighted by atomic mass is 9.95. The summed E-state index contributed by atoms with van der Waals surface area (Å²) in [6.07, 6.45) is 4.40. The van der Waals surface area contributed by atoms with Crippen LogP contribution in [0.15, 0.2) is 24.5 Å². The van der Waals surface area contributed by atoms with Gasteiger partial charge in [-0.2, -0.15) is 15.4 Å². The molecule has 21 heavy (non-hydrogen) atoms. The molecule has 0 spiro atoms. The van der Waals surface area contributed by atoms with Crippen molar-refractivity contribution in [3.05, 3.63) is 41.5 Å². The number of amides is 1. The molecule has 0 unspecified atom stereocenters.